The number of rotatable bonds is 4. The molecule has 2 heterocycles. The molecule has 9 rings (SSSR count). The van der Waals surface area contributed by atoms with Crippen molar-refractivity contribution < 1.29 is 0 Å². The molecule has 0 saturated heterocycles. The zero-order chi connectivity index (χ0) is 31.5. The molecule has 0 bridgehead atoms. The van der Waals surface area contributed by atoms with Gasteiger partial charge in [-0.15, -0.1) is 0 Å². The van der Waals surface area contributed by atoms with Gasteiger partial charge in [0.1, 0.15) is 6.07 Å². The molecule has 3 heteroatoms. The van der Waals surface area contributed by atoms with Gasteiger partial charge in [-0.05, 0) is 72.1 Å². The van der Waals surface area contributed by atoms with Crippen LogP contribution in [0.4, 0.5) is 0 Å². The van der Waals surface area contributed by atoms with E-state index in [1.807, 2.05) is 0 Å². The third-order valence-electron chi connectivity index (χ3n) is 9.42. The van der Waals surface area contributed by atoms with Crippen LogP contribution >= 0.6 is 0 Å². The van der Waals surface area contributed by atoms with Crippen molar-refractivity contribution in [1.82, 2.24) is 9.13 Å². The number of benzene rings is 7. The van der Waals surface area contributed by atoms with Gasteiger partial charge in [0.2, 0.25) is 0 Å². The van der Waals surface area contributed by atoms with Crippen molar-refractivity contribution >= 4 is 43.6 Å². The lowest BCUT2D eigenvalue weighted by Crippen LogP contribution is -2.00. The van der Waals surface area contributed by atoms with E-state index in [0.29, 0.717) is 5.56 Å². The van der Waals surface area contributed by atoms with Crippen molar-refractivity contribution in [3.05, 3.63) is 169 Å². The van der Waals surface area contributed by atoms with Crippen LogP contribution in [0.5, 0.6) is 0 Å². The molecule has 0 N–H and O–H groups in total. The molecule has 0 radical (unpaired) electrons. The Hall–Kier alpha value is -6.37. The first-order valence-corrected chi connectivity index (χ1v) is 15.9. The topological polar surface area (TPSA) is 33.6 Å². The van der Waals surface area contributed by atoms with Crippen LogP contribution in [0, 0.1) is 18.3 Å². The number of fused-ring (bicyclic) bond motifs is 6. The molecule has 220 valence electrons. The predicted octanol–water partition coefficient (Wildman–Crippen LogP) is 11.4. The summed E-state index contributed by atoms with van der Waals surface area (Å²) in [5.74, 6) is 0. The zero-order valence-corrected chi connectivity index (χ0v) is 25.9. The third kappa shape index (κ3) is 4.20. The molecule has 0 saturated carbocycles. The largest absolute Gasteiger partial charge is 0.309 e. The standard InChI is InChI=1S/C44H29N3/c1-29-19-23-43-38(25-29)37-15-7-10-18-42(37)46(43)39-24-21-32(26-33(39)28-45)34-22-20-31(30-11-3-2-4-12-30)27-44(34)47-40-16-8-5-13-35(40)36-14-6-9-17-41(36)47/h2-27H,1H3. The summed E-state index contributed by atoms with van der Waals surface area (Å²) < 4.78 is 4.61. The summed E-state index contributed by atoms with van der Waals surface area (Å²) in [4.78, 5) is 0. The number of aromatic nitrogens is 2. The second kappa shape index (κ2) is 10.6. The van der Waals surface area contributed by atoms with Crippen molar-refractivity contribution in [2.45, 2.75) is 6.92 Å². The quantitative estimate of drug-likeness (QED) is 0.198. The Morgan fingerprint density at radius 1 is 0.426 bits per heavy atom. The van der Waals surface area contributed by atoms with E-state index in [0.717, 1.165) is 55.7 Å². The van der Waals surface area contributed by atoms with E-state index in [1.54, 1.807) is 0 Å². The van der Waals surface area contributed by atoms with E-state index < -0.39 is 0 Å². The van der Waals surface area contributed by atoms with Crippen LogP contribution in [0.1, 0.15) is 11.1 Å². The molecule has 0 aliphatic rings. The van der Waals surface area contributed by atoms with Gasteiger partial charge in [-0.2, -0.15) is 5.26 Å². The first kappa shape index (κ1) is 27.0. The Morgan fingerprint density at radius 3 is 1.64 bits per heavy atom. The highest BCUT2D eigenvalue weighted by molar-refractivity contribution is 6.11. The summed E-state index contributed by atoms with van der Waals surface area (Å²) in [6.45, 7) is 2.12. The molecule has 2 aromatic heterocycles. The van der Waals surface area contributed by atoms with Gasteiger partial charge in [0.15, 0.2) is 0 Å². The summed E-state index contributed by atoms with van der Waals surface area (Å²) in [5.41, 5.74) is 12.7. The minimum atomic E-state index is 0.631. The van der Waals surface area contributed by atoms with E-state index in [1.165, 1.54) is 27.1 Å². The fourth-order valence-electron chi connectivity index (χ4n) is 7.29. The molecule has 0 fully saturated rings. The molecule has 47 heavy (non-hydrogen) atoms. The summed E-state index contributed by atoms with van der Waals surface area (Å²) in [6, 6.07) is 58.3. The highest BCUT2D eigenvalue weighted by Crippen LogP contribution is 2.40. The molecule has 0 unspecified atom stereocenters. The van der Waals surface area contributed by atoms with Crippen LogP contribution in [0.25, 0.3) is 77.2 Å². The molecule has 9 aromatic rings. The van der Waals surface area contributed by atoms with E-state index in [4.69, 9.17) is 0 Å². The van der Waals surface area contributed by atoms with Crippen molar-refractivity contribution in [2.24, 2.45) is 0 Å². The summed E-state index contributed by atoms with van der Waals surface area (Å²) in [5, 5.41) is 15.4. The molecule has 0 atom stereocenters. The van der Waals surface area contributed by atoms with E-state index in [9.17, 15) is 5.26 Å². The maximum atomic E-state index is 10.6. The first-order valence-electron chi connectivity index (χ1n) is 15.9. The normalized spacial score (nSPS) is 11.5. The van der Waals surface area contributed by atoms with Gasteiger partial charge < -0.3 is 9.13 Å². The van der Waals surface area contributed by atoms with Gasteiger partial charge in [-0.1, -0.05) is 115 Å². The number of hydrogen-bond acceptors (Lipinski definition) is 1. The number of nitriles is 1. The van der Waals surface area contributed by atoms with E-state index in [2.05, 4.69) is 180 Å². The van der Waals surface area contributed by atoms with Gasteiger partial charge in [0, 0.05) is 27.1 Å². The predicted molar refractivity (Wildman–Crippen MR) is 195 cm³/mol. The second-order valence-electron chi connectivity index (χ2n) is 12.2. The summed E-state index contributed by atoms with van der Waals surface area (Å²) in [6.07, 6.45) is 0. The van der Waals surface area contributed by atoms with E-state index in [-0.39, 0.29) is 0 Å². The highest BCUT2D eigenvalue weighted by Gasteiger charge is 2.19. The van der Waals surface area contributed by atoms with Gasteiger partial charge >= 0.3 is 0 Å². The van der Waals surface area contributed by atoms with Crippen LogP contribution in [-0.2, 0) is 0 Å². The molecule has 0 aliphatic carbocycles. The van der Waals surface area contributed by atoms with E-state index >= 15 is 0 Å². The first-order chi connectivity index (χ1) is 23.2. The summed E-state index contributed by atoms with van der Waals surface area (Å²) in [7, 11) is 0. The van der Waals surface area contributed by atoms with Crippen LogP contribution in [0.2, 0.25) is 0 Å². The van der Waals surface area contributed by atoms with Gasteiger partial charge in [-0.3, -0.25) is 0 Å². The van der Waals surface area contributed by atoms with Crippen molar-refractivity contribution in [3.63, 3.8) is 0 Å². The summed E-state index contributed by atoms with van der Waals surface area (Å²) >= 11 is 0. The minimum absolute atomic E-state index is 0.631. The monoisotopic (exact) mass is 599 g/mol. The van der Waals surface area contributed by atoms with Crippen LogP contribution in [0.15, 0.2) is 158 Å². The van der Waals surface area contributed by atoms with Crippen LogP contribution in [0.3, 0.4) is 0 Å². The maximum Gasteiger partial charge on any atom is 0.101 e. The zero-order valence-electron chi connectivity index (χ0n) is 25.9. The minimum Gasteiger partial charge on any atom is -0.309 e. The van der Waals surface area contributed by atoms with Gasteiger partial charge in [-0.25, -0.2) is 0 Å². The van der Waals surface area contributed by atoms with Crippen LogP contribution < -0.4 is 0 Å². The molecular formula is C44H29N3. The molecule has 0 amide bonds. The molecule has 0 spiro atoms. The maximum absolute atomic E-state index is 10.6. The third-order valence-corrected chi connectivity index (χ3v) is 9.42. The molecule has 3 nitrogen and oxygen atoms in total. The smallest absolute Gasteiger partial charge is 0.101 e. The second-order valence-corrected chi connectivity index (χ2v) is 12.2. The Kier molecular flexibility index (Phi) is 6.10. The molecular weight excluding hydrogens is 571 g/mol. The number of aryl methyl sites for hydroxylation is 1. The van der Waals surface area contributed by atoms with Gasteiger partial charge in [0.25, 0.3) is 0 Å². The highest BCUT2D eigenvalue weighted by atomic mass is 15.0. The van der Waals surface area contributed by atoms with Crippen molar-refractivity contribution in [3.8, 4) is 39.7 Å². The Morgan fingerprint density at radius 2 is 0.979 bits per heavy atom. The number of nitrogens with zero attached hydrogens (tertiary/aromatic N) is 3. The van der Waals surface area contributed by atoms with Crippen LogP contribution in [-0.4, -0.2) is 9.13 Å². The van der Waals surface area contributed by atoms with Crippen molar-refractivity contribution in [1.29, 1.82) is 5.26 Å². The lowest BCUT2D eigenvalue weighted by Gasteiger charge is -2.17. The number of para-hydroxylation sites is 3. The Balaban J connectivity index is 1.31. The van der Waals surface area contributed by atoms with Gasteiger partial charge in [0.05, 0.1) is 39.0 Å². The fraction of sp³-hybridized carbons (Fsp3) is 0.0227. The fourth-order valence-corrected chi connectivity index (χ4v) is 7.29. The number of hydrogen-bond donors (Lipinski definition) is 0. The molecule has 0 aliphatic heterocycles. The van der Waals surface area contributed by atoms with Crippen molar-refractivity contribution in [2.75, 3.05) is 0 Å². The Bertz CT molecular complexity index is 2650. The lowest BCUT2D eigenvalue weighted by molar-refractivity contribution is 1.16. The lowest BCUT2D eigenvalue weighted by atomic mass is 9.96. The molecule has 7 aromatic carbocycles. The average molecular weight is 600 g/mol. The Labute approximate surface area is 272 Å². The average Bonchev–Trinajstić information content (AvgIpc) is 3.64. The SMILES string of the molecule is Cc1ccc2c(c1)c1ccccc1n2-c1ccc(-c2ccc(-c3ccccc3)cc2-n2c3ccccc3c3ccccc32)cc1C#N.